The second kappa shape index (κ2) is 10.4. The molecule has 0 unspecified atom stereocenters. The Balaban J connectivity index is 1.62. The molecule has 136 valence electrons. The van der Waals surface area contributed by atoms with Gasteiger partial charge in [-0.25, -0.2) is 4.99 Å². The minimum Gasteiger partial charge on any atom is -0.384 e. The molecule has 0 atom stereocenters. The van der Waals surface area contributed by atoms with E-state index in [2.05, 4.69) is 32.0 Å². The van der Waals surface area contributed by atoms with Crippen molar-refractivity contribution in [2.24, 2.45) is 10.1 Å². The van der Waals surface area contributed by atoms with Crippen LogP contribution in [0.1, 0.15) is 12.8 Å². The lowest BCUT2D eigenvalue weighted by molar-refractivity contribution is -0.137. The molecule has 0 aliphatic carbocycles. The monoisotopic (exact) mass is 338 g/mol. The summed E-state index contributed by atoms with van der Waals surface area (Å²) in [6.07, 6.45) is 2.67. The Kier molecular flexibility index (Phi) is 8.14. The number of hydrogen-bond acceptors (Lipinski definition) is 6. The predicted octanol–water partition coefficient (Wildman–Crippen LogP) is -0.523. The topological polar surface area (TPSA) is 72.8 Å². The summed E-state index contributed by atoms with van der Waals surface area (Å²) in [5, 5.41) is 6.73. The third kappa shape index (κ3) is 6.18. The number of hydrogen-bond donors (Lipinski definition) is 1. The molecule has 24 heavy (non-hydrogen) atoms. The number of rotatable bonds is 8. The quantitative estimate of drug-likeness (QED) is 0.366. The fourth-order valence-electron chi connectivity index (χ4n) is 3.04. The van der Waals surface area contributed by atoms with Gasteiger partial charge in [0.15, 0.2) is 12.4 Å². The lowest BCUT2D eigenvalue weighted by Gasteiger charge is -2.35. The van der Waals surface area contributed by atoms with Gasteiger partial charge in [-0.3, -0.25) is 9.69 Å². The fourth-order valence-corrected chi connectivity index (χ4v) is 3.04. The molecule has 0 saturated carbocycles. The van der Waals surface area contributed by atoms with Crippen molar-refractivity contribution in [1.29, 1.82) is 0 Å². The number of nitrogens with one attached hydrogen (secondary N) is 1. The van der Waals surface area contributed by atoms with Gasteiger partial charge in [-0.1, -0.05) is 5.16 Å². The Morgan fingerprint density at radius 3 is 2.29 bits per heavy atom. The molecule has 0 bridgehead atoms. The van der Waals surface area contributed by atoms with Gasteiger partial charge in [0.25, 0.3) is 5.91 Å². The van der Waals surface area contributed by atoms with Crippen LogP contribution >= 0.6 is 0 Å². The van der Waals surface area contributed by atoms with Crippen LogP contribution in [0, 0.1) is 0 Å². The number of nitrogens with zero attached hydrogens (tertiary/aromatic N) is 5. The summed E-state index contributed by atoms with van der Waals surface area (Å²) in [6, 6.07) is 0. The van der Waals surface area contributed by atoms with Crippen molar-refractivity contribution in [3.05, 3.63) is 0 Å². The number of amides is 1. The van der Waals surface area contributed by atoms with Crippen molar-refractivity contribution in [3.63, 3.8) is 0 Å². The van der Waals surface area contributed by atoms with E-state index < -0.39 is 0 Å². The maximum atomic E-state index is 12.1. The Labute approximate surface area is 144 Å². The van der Waals surface area contributed by atoms with E-state index in [4.69, 9.17) is 4.84 Å². The Hall–Kier alpha value is -1.51. The highest BCUT2D eigenvalue weighted by Crippen LogP contribution is 2.08. The molecule has 2 fully saturated rings. The number of likely N-dealkylation sites (tertiary alicyclic amines) is 1. The van der Waals surface area contributed by atoms with Crippen molar-refractivity contribution in [1.82, 2.24) is 20.0 Å². The molecule has 2 rings (SSSR count). The standard InChI is InChI=1S/C16H30N6O2/c1-17-13-15(18-2)19-24-14-16(23)22-11-9-21(10-12-22)8-7-20-5-3-4-6-20/h17H,2-14H2,1H3/b19-15-. The molecule has 2 saturated heterocycles. The molecule has 8 heteroatoms. The minimum absolute atomic E-state index is 0.0224. The first kappa shape index (κ1) is 18.8. The first-order chi connectivity index (χ1) is 11.7. The van der Waals surface area contributed by atoms with Gasteiger partial charge < -0.3 is 20.0 Å². The maximum Gasteiger partial charge on any atom is 0.263 e. The SMILES string of the molecule is C=N/C(CNC)=N\OCC(=O)N1CCN(CCN2CCCC2)CC1. The zero-order valence-corrected chi connectivity index (χ0v) is 14.7. The molecule has 1 amide bonds. The summed E-state index contributed by atoms with van der Waals surface area (Å²) in [5.74, 6) is 0.419. The number of carbonyl (C=O) groups is 1. The lowest BCUT2D eigenvalue weighted by Crippen LogP contribution is -2.50. The van der Waals surface area contributed by atoms with E-state index in [9.17, 15) is 4.79 Å². The average molecular weight is 338 g/mol. The minimum atomic E-state index is -0.0451. The first-order valence-electron chi connectivity index (χ1n) is 8.75. The van der Waals surface area contributed by atoms with E-state index in [-0.39, 0.29) is 12.5 Å². The Bertz CT molecular complexity index is 428. The molecule has 0 spiro atoms. The summed E-state index contributed by atoms with van der Waals surface area (Å²) in [5.41, 5.74) is 0. The van der Waals surface area contributed by atoms with Crippen molar-refractivity contribution in [2.45, 2.75) is 12.8 Å². The van der Waals surface area contributed by atoms with Crippen molar-refractivity contribution in [2.75, 3.05) is 72.6 Å². The van der Waals surface area contributed by atoms with Crippen molar-refractivity contribution < 1.29 is 9.63 Å². The van der Waals surface area contributed by atoms with Crippen LogP contribution in [0.5, 0.6) is 0 Å². The van der Waals surface area contributed by atoms with E-state index in [0.717, 1.165) is 39.3 Å². The highest BCUT2D eigenvalue weighted by atomic mass is 16.6. The molecule has 2 aliphatic heterocycles. The van der Waals surface area contributed by atoms with E-state index in [0.29, 0.717) is 12.4 Å². The largest absolute Gasteiger partial charge is 0.384 e. The van der Waals surface area contributed by atoms with Crippen molar-refractivity contribution >= 4 is 18.5 Å². The van der Waals surface area contributed by atoms with Crippen LogP contribution in [0.15, 0.2) is 10.1 Å². The molecule has 2 heterocycles. The highest BCUT2D eigenvalue weighted by Gasteiger charge is 2.22. The number of carbonyl (C=O) groups excluding carboxylic acids is 1. The van der Waals surface area contributed by atoms with Gasteiger partial charge in [0.1, 0.15) is 0 Å². The van der Waals surface area contributed by atoms with Gasteiger partial charge in [-0.2, -0.15) is 0 Å². The van der Waals surface area contributed by atoms with Crippen LogP contribution in [-0.2, 0) is 9.63 Å². The molecular weight excluding hydrogens is 308 g/mol. The van der Waals surface area contributed by atoms with Gasteiger partial charge >= 0.3 is 0 Å². The van der Waals surface area contributed by atoms with Gasteiger partial charge in [0.2, 0.25) is 0 Å². The van der Waals surface area contributed by atoms with Crippen LogP contribution in [0.2, 0.25) is 0 Å². The summed E-state index contributed by atoms with van der Waals surface area (Å²) >= 11 is 0. The number of likely N-dealkylation sites (N-methyl/N-ethyl adjacent to an activating group) is 1. The van der Waals surface area contributed by atoms with Gasteiger partial charge in [-0.05, 0) is 39.7 Å². The predicted molar refractivity (Wildman–Crippen MR) is 95.6 cm³/mol. The summed E-state index contributed by atoms with van der Waals surface area (Å²) in [7, 11) is 1.79. The van der Waals surface area contributed by atoms with Gasteiger partial charge in [0.05, 0.1) is 6.54 Å². The van der Waals surface area contributed by atoms with E-state index in [1.54, 1.807) is 7.05 Å². The van der Waals surface area contributed by atoms with Gasteiger partial charge in [-0.15, -0.1) is 0 Å². The fraction of sp³-hybridized carbons (Fsp3) is 0.812. The molecule has 8 nitrogen and oxygen atoms in total. The molecule has 0 aromatic rings. The van der Waals surface area contributed by atoms with Crippen LogP contribution in [0.4, 0.5) is 0 Å². The third-order valence-electron chi connectivity index (χ3n) is 4.53. The summed E-state index contributed by atoms with van der Waals surface area (Å²) in [6.45, 7) is 11.9. The molecule has 0 radical (unpaired) electrons. The van der Waals surface area contributed by atoms with Crippen LogP contribution in [-0.4, -0.2) is 106 Å². The van der Waals surface area contributed by atoms with Crippen LogP contribution in [0.25, 0.3) is 0 Å². The molecular formula is C16H30N6O2. The van der Waals surface area contributed by atoms with Crippen LogP contribution in [0.3, 0.4) is 0 Å². The molecule has 0 aromatic carbocycles. The molecule has 1 N–H and O–H groups in total. The molecule has 2 aliphatic rings. The Morgan fingerprint density at radius 1 is 1.08 bits per heavy atom. The summed E-state index contributed by atoms with van der Waals surface area (Å²) in [4.78, 5) is 27.8. The van der Waals surface area contributed by atoms with Crippen LogP contribution < -0.4 is 5.32 Å². The van der Waals surface area contributed by atoms with Crippen molar-refractivity contribution in [3.8, 4) is 0 Å². The number of oxime groups is 1. The van der Waals surface area contributed by atoms with Gasteiger partial charge in [0, 0.05) is 39.3 Å². The maximum absolute atomic E-state index is 12.1. The normalized spacial score (nSPS) is 20.4. The number of amidine groups is 1. The number of piperazine rings is 1. The zero-order valence-electron chi connectivity index (χ0n) is 14.7. The average Bonchev–Trinajstić information content (AvgIpc) is 3.13. The Morgan fingerprint density at radius 2 is 1.71 bits per heavy atom. The first-order valence-corrected chi connectivity index (χ1v) is 8.75. The second-order valence-corrected chi connectivity index (χ2v) is 6.24. The number of aliphatic imine (C=N–C) groups is 1. The zero-order chi connectivity index (χ0) is 17.2. The molecule has 0 aromatic heterocycles. The highest BCUT2D eigenvalue weighted by molar-refractivity contribution is 5.87. The summed E-state index contributed by atoms with van der Waals surface area (Å²) < 4.78 is 0. The third-order valence-corrected chi connectivity index (χ3v) is 4.53. The van der Waals surface area contributed by atoms with E-state index in [1.807, 2.05) is 4.90 Å². The van der Waals surface area contributed by atoms with E-state index in [1.165, 1.54) is 25.9 Å². The smallest absolute Gasteiger partial charge is 0.263 e. The second-order valence-electron chi connectivity index (χ2n) is 6.24. The lowest BCUT2D eigenvalue weighted by atomic mass is 10.3. The van der Waals surface area contributed by atoms with E-state index >= 15 is 0 Å².